The molecule has 30 heavy (non-hydrogen) atoms. The maximum atomic E-state index is 11.8. The number of carbonyl (C=O) groups excluding carboxylic acids is 1. The summed E-state index contributed by atoms with van der Waals surface area (Å²) in [5.41, 5.74) is 9.19. The lowest BCUT2D eigenvalue weighted by Crippen LogP contribution is -2.10. The van der Waals surface area contributed by atoms with Gasteiger partial charge >= 0.3 is 0 Å². The molecule has 0 aliphatic carbocycles. The highest BCUT2D eigenvalue weighted by atomic mass is 16.3. The maximum absolute atomic E-state index is 11.8. The first-order valence-corrected chi connectivity index (χ1v) is 9.76. The number of anilines is 1. The van der Waals surface area contributed by atoms with Crippen molar-refractivity contribution in [2.24, 2.45) is 5.73 Å². The smallest absolute Gasteiger partial charge is 0.249 e. The van der Waals surface area contributed by atoms with E-state index in [0.29, 0.717) is 29.1 Å². The number of primary amides is 1. The van der Waals surface area contributed by atoms with Crippen LogP contribution in [-0.2, 0) is 19.6 Å². The lowest BCUT2D eigenvalue weighted by atomic mass is 10.1. The number of aromatic nitrogens is 2. The molecule has 0 saturated heterocycles. The Balaban J connectivity index is 1.58. The van der Waals surface area contributed by atoms with Gasteiger partial charge in [-0.15, -0.1) is 0 Å². The van der Waals surface area contributed by atoms with Crippen molar-refractivity contribution in [2.45, 2.75) is 19.6 Å². The third-order valence-electron chi connectivity index (χ3n) is 5.36. The highest BCUT2D eigenvalue weighted by molar-refractivity contribution is 6.08. The highest BCUT2D eigenvalue weighted by Crippen LogP contribution is 2.34. The molecule has 0 radical (unpaired) electrons. The first kappa shape index (κ1) is 18.3. The number of nitrogens with one attached hydrogen (secondary N) is 1. The minimum absolute atomic E-state index is 0.422. The fourth-order valence-corrected chi connectivity index (χ4v) is 3.90. The van der Waals surface area contributed by atoms with Crippen molar-refractivity contribution < 1.29 is 9.21 Å². The summed E-state index contributed by atoms with van der Waals surface area (Å²) in [4.78, 5) is 23.5. The number of hydrogen-bond acceptors (Lipinski definition) is 6. The lowest BCUT2D eigenvalue weighted by molar-refractivity contribution is 0.100. The van der Waals surface area contributed by atoms with Crippen LogP contribution in [-0.4, -0.2) is 27.8 Å². The largest absolute Gasteiger partial charge is 0.460 e. The number of benzene rings is 2. The number of carbonyl (C=O) groups is 1. The van der Waals surface area contributed by atoms with Gasteiger partial charge in [-0.3, -0.25) is 9.69 Å². The average molecular weight is 399 g/mol. The average Bonchev–Trinajstić information content (AvgIpc) is 3.35. The summed E-state index contributed by atoms with van der Waals surface area (Å²) in [6, 6.07) is 15.6. The van der Waals surface area contributed by atoms with E-state index in [1.807, 2.05) is 24.3 Å². The van der Waals surface area contributed by atoms with Crippen LogP contribution in [0.1, 0.15) is 27.2 Å². The number of nitrogens with zero attached hydrogens (tertiary/aromatic N) is 3. The Hall–Kier alpha value is -3.71. The van der Waals surface area contributed by atoms with Crippen LogP contribution >= 0.6 is 0 Å². The van der Waals surface area contributed by atoms with Crippen LogP contribution in [0.4, 0.5) is 5.82 Å². The molecule has 5 rings (SSSR count). The number of rotatable bonds is 5. The van der Waals surface area contributed by atoms with Crippen molar-refractivity contribution in [1.29, 1.82) is 0 Å². The summed E-state index contributed by atoms with van der Waals surface area (Å²) in [7, 11) is 2.06. The summed E-state index contributed by atoms with van der Waals surface area (Å²) in [5.74, 6) is 1.35. The van der Waals surface area contributed by atoms with Crippen molar-refractivity contribution in [2.75, 3.05) is 12.4 Å². The van der Waals surface area contributed by atoms with Gasteiger partial charge in [-0.2, -0.15) is 0 Å². The van der Waals surface area contributed by atoms with Gasteiger partial charge in [0.05, 0.1) is 11.3 Å². The van der Waals surface area contributed by atoms with Crippen molar-refractivity contribution in [3.8, 4) is 11.6 Å². The summed E-state index contributed by atoms with van der Waals surface area (Å²) in [6.45, 7) is 2.20. The topological polar surface area (TPSA) is 97.3 Å². The zero-order valence-corrected chi connectivity index (χ0v) is 16.6. The Morgan fingerprint density at radius 2 is 1.93 bits per heavy atom. The number of amides is 1. The Bertz CT molecular complexity index is 1250. The highest BCUT2D eigenvalue weighted by Gasteiger charge is 2.25. The molecule has 2 aromatic carbocycles. The van der Waals surface area contributed by atoms with Crippen molar-refractivity contribution >= 4 is 22.5 Å². The molecule has 150 valence electrons. The summed E-state index contributed by atoms with van der Waals surface area (Å²) < 4.78 is 5.82. The number of furan rings is 1. The quantitative estimate of drug-likeness (QED) is 0.533. The van der Waals surface area contributed by atoms with Crippen molar-refractivity contribution in [3.63, 3.8) is 0 Å². The van der Waals surface area contributed by atoms with Gasteiger partial charge in [0.25, 0.3) is 0 Å². The molecule has 0 fully saturated rings. The van der Waals surface area contributed by atoms with Crippen LogP contribution < -0.4 is 11.1 Å². The Kier molecular flexibility index (Phi) is 4.44. The molecular weight excluding hydrogens is 378 g/mol. The summed E-state index contributed by atoms with van der Waals surface area (Å²) in [6.07, 6.45) is 1.55. The van der Waals surface area contributed by atoms with Gasteiger partial charge in [-0.25, -0.2) is 9.97 Å². The molecular formula is C23H21N5O2. The van der Waals surface area contributed by atoms with E-state index in [2.05, 4.69) is 29.4 Å². The third-order valence-corrected chi connectivity index (χ3v) is 5.36. The monoisotopic (exact) mass is 399 g/mol. The van der Waals surface area contributed by atoms with E-state index in [-0.39, 0.29) is 0 Å². The number of fused-ring (bicyclic) bond motifs is 2. The second-order valence-corrected chi connectivity index (χ2v) is 7.53. The van der Waals surface area contributed by atoms with E-state index in [0.717, 1.165) is 35.6 Å². The predicted molar refractivity (Wildman–Crippen MR) is 115 cm³/mol. The van der Waals surface area contributed by atoms with E-state index in [1.54, 1.807) is 18.4 Å². The molecule has 0 bridgehead atoms. The van der Waals surface area contributed by atoms with E-state index in [1.165, 1.54) is 5.56 Å². The molecule has 3 heterocycles. The van der Waals surface area contributed by atoms with Crippen LogP contribution in [0.5, 0.6) is 0 Å². The summed E-state index contributed by atoms with van der Waals surface area (Å²) >= 11 is 0. The van der Waals surface area contributed by atoms with Crippen molar-refractivity contribution in [3.05, 3.63) is 77.2 Å². The molecule has 0 saturated carbocycles. The van der Waals surface area contributed by atoms with Gasteiger partial charge in [-0.1, -0.05) is 42.5 Å². The van der Waals surface area contributed by atoms with Gasteiger partial charge in [-0.05, 0) is 18.7 Å². The van der Waals surface area contributed by atoms with Crippen LogP contribution in [0.15, 0.2) is 59.2 Å². The van der Waals surface area contributed by atoms with Crippen LogP contribution in [0.2, 0.25) is 0 Å². The SMILES string of the molecule is CN1Cc2nc(-c3occ4c(C(N)=O)cccc34)nc(NCc3ccccc3)c2C1. The number of hydrogen-bond donors (Lipinski definition) is 2. The summed E-state index contributed by atoms with van der Waals surface area (Å²) in [5, 5.41) is 4.91. The second-order valence-electron chi connectivity index (χ2n) is 7.53. The Labute approximate surface area is 173 Å². The first-order chi connectivity index (χ1) is 14.6. The van der Waals surface area contributed by atoms with Gasteiger partial charge in [0.15, 0.2) is 11.6 Å². The molecule has 3 N–H and O–H groups in total. The Morgan fingerprint density at radius 3 is 2.73 bits per heavy atom. The van der Waals surface area contributed by atoms with E-state index >= 15 is 0 Å². The fraction of sp³-hybridized carbons (Fsp3) is 0.174. The van der Waals surface area contributed by atoms with E-state index in [9.17, 15) is 4.79 Å². The molecule has 2 aromatic heterocycles. The first-order valence-electron chi connectivity index (χ1n) is 9.76. The molecule has 0 spiro atoms. The zero-order chi connectivity index (χ0) is 20.7. The normalized spacial score (nSPS) is 13.5. The van der Waals surface area contributed by atoms with Crippen LogP contribution in [0.3, 0.4) is 0 Å². The standard InChI is InChI=1S/C23H21N5O2/c1-28-11-17-19(12-28)26-23(27-22(17)25-10-14-6-3-2-4-7-14)20-15-8-5-9-16(21(24)29)18(15)13-30-20/h2-9,13H,10-12H2,1H3,(H2,24,29)(H,25,26,27). The molecule has 0 atom stereocenters. The zero-order valence-electron chi connectivity index (χ0n) is 16.6. The van der Waals surface area contributed by atoms with Gasteiger partial charge in [0, 0.05) is 36.0 Å². The molecule has 0 unspecified atom stereocenters. The number of nitrogens with two attached hydrogens (primary N) is 1. The van der Waals surface area contributed by atoms with Gasteiger partial charge in [0.2, 0.25) is 5.91 Å². The Morgan fingerprint density at radius 1 is 1.10 bits per heavy atom. The lowest BCUT2D eigenvalue weighted by Gasteiger charge is -2.11. The fourth-order valence-electron chi connectivity index (χ4n) is 3.90. The predicted octanol–water partition coefficient (Wildman–Crippen LogP) is 3.55. The molecule has 7 nitrogen and oxygen atoms in total. The van der Waals surface area contributed by atoms with Gasteiger partial charge < -0.3 is 15.5 Å². The maximum Gasteiger partial charge on any atom is 0.249 e. The molecule has 1 aliphatic rings. The third kappa shape index (κ3) is 3.19. The molecule has 4 aromatic rings. The van der Waals surface area contributed by atoms with Gasteiger partial charge in [0.1, 0.15) is 12.1 Å². The van der Waals surface area contributed by atoms with E-state index < -0.39 is 5.91 Å². The van der Waals surface area contributed by atoms with Crippen LogP contribution in [0.25, 0.3) is 22.4 Å². The minimum atomic E-state index is -0.491. The minimum Gasteiger partial charge on any atom is -0.460 e. The second kappa shape index (κ2) is 7.27. The molecule has 7 heteroatoms. The van der Waals surface area contributed by atoms with E-state index in [4.69, 9.17) is 20.1 Å². The van der Waals surface area contributed by atoms with Crippen LogP contribution in [0, 0.1) is 0 Å². The molecule has 1 amide bonds. The molecule has 1 aliphatic heterocycles. The van der Waals surface area contributed by atoms with Crippen molar-refractivity contribution in [1.82, 2.24) is 14.9 Å².